The van der Waals surface area contributed by atoms with Gasteiger partial charge in [-0.25, -0.2) is 4.79 Å². The molecule has 1 amide bonds. The first-order valence-electron chi connectivity index (χ1n) is 3.60. The highest BCUT2D eigenvalue weighted by Gasteiger charge is 2.08. The van der Waals surface area contributed by atoms with Crippen molar-refractivity contribution in [3.05, 3.63) is 12.7 Å². The van der Waals surface area contributed by atoms with Crippen LogP contribution in [0.2, 0.25) is 0 Å². The number of hydrogen-bond donors (Lipinski definition) is 0. The van der Waals surface area contributed by atoms with Gasteiger partial charge in [0.15, 0.2) is 0 Å². The van der Waals surface area contributed by atoms with Crippen LogP contribution in [0.3, 0.4) is 0 Å². The lowest BCUT2D eigenvalue weighted by Crippen LogP contribution is -2.29. The average molecular weight is 157 g/mol. The van der Waals surface area contributed by atoms with E-state index in [-0.39, 0.29) is 12.2 Å². The highest BCUT2D eigenvalue weighted by molar-refractivity contribution is 5.67. The van der Waals surface area contributed by atoms with Crippen molar-refractivity contribution in [1.82, 2.24) is 4.90 Å². The summed E-state index contributed by atoms with van der Waals surface area (Å²) in [5.74, 6) is 0. The Hall–Kier alpha value is -0.990. The molecule has 0 radical (unpaired) electrons. The second-order valence-corrected chi connectivity index (χ2v) is 2.60. The summed E-state index contributed by atoms with van der Waals surface area (Å²) in [5, 5.41) is 0. The average Bonchev–Trinajstić information content (AvgIpc) is 1.86. The summed E-state index contributed by atoms with van der Waals surface area (Å²) in [6.07, 6.45) is 1.29. The monoisotopic (exact) mass is 157 g/mol. The molecule has 0 aromatic carbocycles. The molecule has 3 heteroatoms. The van der Waals surface area contributed by atoms with Crippen molar-refractivity contribution >= 4 is 6.09 Å². The summed E-state index contributed by atoms with van der Waals surface area (Å²) in [6.45, 7) is 7.67. The quantitative estimate of drug-likeness (QED) is 0.583. The van der Waals surface area contributed by atoms with Crippen LogP contribution in [0.5, 0.6) is 0 Å². The van der Waals surface area contributed by atoms with Crippen LogP contribution in [0.4, 0.5) is 4.79 Å². The number of amides is 1. The Morgan fingerprint density at radius 1 is 1.73 bits per heavy atom. The van der Waals surface area contributed by atoms with E-state index in [0.29, 0.717) is 6.54 Å². The van der Waals surface area contributed by atoms with E-state index in [9.17, 15) is 4.79 Å². The third kappa shape index (κ3) is 4.42. The Labute approximate surface area is 67.6 Å². The molecular formula is C8H15NO2. The predicted molar refractivity (Wildman–Crippen MR) is 44.4 cm³/mol. The van der Waals surface area contributed by atoms with Gasteiger partial charge in [0.2, 0.25) is 0 Å². The summed E-state index contributed by atoms with van der Waals surface area (Å²) >= 11 is 0. The highest BCUT2D eigenvalue weighted by Crippen LogP contribution is 1.94. The van der Waals surface area contributed by atoms with E-state index in [1.54, 1.807) is 13.1 Å². The van der Waals surface area contributed by atoms with E-state index >= 15 is 0 Å². The van der Waals surface area contributed by atoms with Gasteiger partial charge in [0.1, 0.15) is 0 Å². The second-order valence-electron chi connectivity index (χ2n) is 2.60. The molecule has 0 spiro atoms. The fourth-order valence-corrected chi connectivity index (χ4v) is 0.560. The minimum absolute atomic E-state index is 0.0604. The van der Waals surface area contributed by atoms with Crippen molar-refractivity contribution in [3.63, 3.8) is 0 Å². The molecule has 0 saturated carbocycles. The van der Waals surface area contributed by atoms with Crippen LogP contribution in [0.15, 0.2) is 12.7 Å². The van der Waals surface area contributed by atoms with Gasteiger partial charge in [0, 0.05) is 13.6 Å². The molecule has 0 unspecified atom stereocenters. The predicted octanol–water partition coefficient (Wildman–Crippen LogP) is 1.65. The minimum Gasteiger partial charge on any atom is -0.447 e. The standard InChI is InChI=1S/C8H15NO2/c1-5-6-9(4)8(10)11-7(2)3/h5,7H,1,6H2,2-4H3. The Bertz CT molecular complexity index is 143. The third-order valence-electron chi connectivity index (χ3n) is 1.05. The molecule has 0 bridgehead atoms. The van der Waals surface area contributed by atoms with Crippen LogP contribution < -0.4 is 0 Å². The molecule has 3 nitrogen and oxygen atoms in total. The Balaban J connectivity index is 3.72. The summed E-state index contributed by atoms with van der Waals surface area (Å²) in [7, 11) is 1.67. The zero-order valence-electron chi connectivity index (χ0n) is 7.33. The van der Waals surface area contributed by atoms with Crippen molar-refractivity contribution in [2.45, 2.75) is 20.0 Å². The van der Waals surface area contributed by atoms with Crippen molar-refractivity contribution in [2.75, 3.05) is 13.6 Å². The van der Waals surface area contributed by atoms with Crippen LogP contribution in [0.1, 0.15) is 13.8 Å². The summed E-state index contributed by atoms with van der Waals surface area (Å²) in [4.78, 5) is 12.5. The van der Waals surface area contributed by atoms with E-state index in [4.69, 9.17) is 4.74 Å². The fraction of sp³-hybridized carbons (Fsp3) is 0.625. The molecule has 0 rings (SSSR count). The molecule has 0 atom stereocenters. The highest BCUT2D eigenvalue weighted by atomic mass is 16.6. The van der Waals surface area contributed by atoms with Gasteiger partial charge in [-0.3, -0.25) is 0 Å². The SMILES string of the molecule is C=CCN(C)C(=O)OC(C)C. The van der Waals surface area contributed by atoms with Gasteiger partial charge in [-0.1, -0.05) is 6.08 Å². The topological polar surface area (TPSA) is 29.5 Å². The van der Waals surface area contributed by atoms with Crippen molar-refractivity contribution in [2.24, 2.45) is 0 Å². The molecular weight excluding hydrogens is 142 g/mol. The molecule has 0 fully saturated rings. The Kier molecular flexibility index (Phi) is 4.34. The first-order valence-corrected chi connectivity index (χ1v) is 3.60. The third-order valence-corrected chi connectivity index (χ3v) is 1.05. The van der Waals surface area contributed by atoms with E-state index in [1.807, 2.05) is 13.8 Å². The smallest absolute Gasteiger partial charge is 0.410 e. The molecule has 64 valence electrons. The molecule has 0 aliphatic rings. The lowest BCUT2D eigenvalue weighted by molar-refractivity contribution is 0.0870. The van der Waals surface area contributed by atoms with Gasteiger partial charge in [-0.15, -0.1) is 6.58 Å². The maximum atomic E-state index is 11.0. The molecule has 0 N–H and O–H groups in total. The Morgan fingerprint density at radius 3 is 2.64 bits per heavy atom. The lowest BCUT2D eigenvalue weighted by Gasteiger charge is -2.16. The van der Waals surface area contributed by atoms with Gasteiger partial charge in [0.05, 0.1) is 6.10 Å². The number of carbonyl (C=O) groups excluding carboxylic acids is 1. The summed E-state index contributed by atoms with van der Waals surface area (Å²) < 4.78 is 4.90. The number of rotatable bonds is 3. The van der Waals surface area contributed by atoms with Gasteiger partial charge in [-0.05, 0) is 13.8 Å². The molecule has 0 aliphatic carbocycles. The Morgan fingerprint density at radius 2 is 2.27 bits per heavy atom. The molecule has 0 aromatic rings. The maximum absolute atomic E-state index is 11.0. The molecule has 0 aromatic heterocycles. The molecule has 0 heterocycles. The van der Waals surface area contributed by atoms with Gasteiger partial charge >= 0.3 is 6.09 Å². The zero-order chi connectivity index (χ0) is 8.85. The lowest BCUT2D eigenvalue weighted by atomic mass is 10.5. The van der Waals surface area contributed by atoms with E-state index < -0.39 is 0 Å². The first kappa shape index (κ1) is 10.0. The van der Waals surface area contributed by atoms with Crippen molar-refractivity contribution in [1.29, 1.82) is 0 Å². The van der Waals surface area contributed by atoms with Crippen LogP contribution in [-0.2, 0) is 4.74 Å². The number of ether oxygens (including phenoxy) is 1. The van der Waals surface area contributed by atoms with E-state index in [1.165, 1.54) is 4.90 Å². The molecule has 0 aliphatic heterocycles. The van der Waals surface area contributed by atoms with Crippen LogP contribution >= 0.6 is 0 Å². The van der Waals surface area contributed by atoms with Gasteiger partial charge < -0.3 is 9.64 Å². The van der Waals surface area contributed by atoms with Crippen LogP contribution in [-0.4, -0.2) is 30.7 Å². The zero-order valence-corrected chi connectivity index (χ0v) is 7.33. The molecule has 11 heavy (non-hydrogen) atoms. The minimum atomic E-state index is -0.306. The number of carbonyl (C=O) groups is 1. The maximum Gasteiger partial charge on any atom is 0.410 e. The van der Waals surface area contributed by atoms with Gasteiger partial charge in [-0.2, -0.15) is 0 Å². The normalized spacial score (nSPS) is 9.45. The van der Waals surface area contributed by atoms with Crippen molar-refractivity contribution < 1.29 is 9.53 Å². The van der Waals surface area contributed by atoms with E-state index in [0.717, 1.165) is 0 Å². The molecule has 0 saturated heterocycles. The largest absolute Gasteiger partial charge is 0.447 e. The summed E-state index contributed by atoms with van der Waals surface area (Å²) in [5.41, 5.74) is 0. The van der Waals surface area contributed by atoms with Gasteiger partial charge in [0.25, 0.3) is 0 Å². The van der Waals surface area contributed by atoms with E-state index in [2.05, 4.69) is 6.58 Å². The number of hydrogen-bond acceptors (Lipinski definition) is 2. The first-order chi connectivity index (χ1) is 5.07. The number of likely N-dealkylation sites (N-methyl/N-ethyl adjacent to an activating group) is 1. The van der Waals surface area contributed by atoms with Crippen LogP contribution in [0.25, 0.3) is 0 Å². The van der Waals surface area contributed by atoms with Crippen molar-refractivity contribution in [3.8, 4) is 0 Å². The fourth-order valence-electron chi connectivity index (χ4n) is 0.560. The second kappa shape index (κ2) is 4.77. The summed E-state index contributed by atoms with van der Waals surface area (Å²) in [6, 6.07) is 0. The number of nitrogens with zero attached hydrogens (tertiary/aromatic N) is 1. The van der Waals surface area contributed by atoms with Crippen LogP contribution in [0, 0.1) is 0 Å².